The van der Waals surface area contributed by atoms with Crippen molar-refractivity contribution in [3.8, 4) is 0 Å². The number of amides is 1. The van der Waals surface area contributed by atoms with E-state index in [0.717, 1.165) is 44.9 Å². The van der Waals surface area contributed by atoms with Crippen LogP contribution in [-0.2, 0) is 14.3 Å². The number of unbranched alkanes of at least 4 members (excludes halogenated alkanes) is 39. The normalized spacial score (nSPS) is 19.3. The molecule has 7 atom stereocenters. The molecular weight excluding hydrogens is 923 g/mol. The van der Waals surface area contributed by atoms with Crippen LogP contribution in [0.15, 0.2) is 48.6 Å². The number of ether oxygens (including phenoxy) is 2. The average molecular weight is 1040 g/mol. The van der Waals surface area contributed by atoms with E-state index in [1.54, 1.807) is 6.08 Å². The predicted octanol–water partition coefficient (Wildman–Crippen LogP) is 16.5. The van der Waals surface area contributed by atoms with Crippen molar-refractivity contribution in [3.63, 3.8) is 0 Å². The zero-order valence-electron chi connectivity index (χ0n) is 48.4. The van der Waals surface area contributed by atoms with Gasteiger partial charge < -0.3 is 40.3 Å². The van der Waals surface area contributed by atoms with Crippen LogP contribution in [0.3, 0.4) is 0 Å². The summed E-state index contributed by atoms with van der Waals surface area (Å²) in [5, 5.41) is 54.5. The molecule has 6 N–H and O–H groups in total. The summed E-state index contributed by atoms with van der Waals surface area (Å²) in [5.41, 5.74) is 0. The first kappa shape index (κ1) is 70.2. The summed E-state index contributed by atoms with van der Waals surface area (Å²) in [6, 6.07) is -0.829. The Labute approximate surface area is 456 Å². The van der Waals surface area contributed by atoms with Crippen LogP contribution in [-0.4, -0.2) is 87.5 Å². The Morgan fingerprint density at radius 3 is 1.14 bits per heavy atom. The highest BCUT2D eigenvalue weighted by Crippen LogP contribution is 2.23. The summed E-state index contributed by atoms with van der Waals surface area (Å²) >= 11 is 0. The summed E-state index contributed by atoms with van der Waals surface area (Å²) in [6.45, 7) is 3.79. The lowest BCUT2D eigenvalue weighted by molar-refractivity contribution is -0.302. The lowest BCUT2D eigenvalue weighted by Crippen LogP contribution is -2.60. The molecule has 434 valence electrons. The molecule has 0 aliphatic carbocycles. The molecule has 1 aliphatic heterocycles. The Balaban J connectivity index is 2.16. The van der Waals surface area contributed by atoms with E-state index in [0.29, 0.717) is 6.42 Å². The summed E-state index contributed by atoms with van der Waals surface area (Å²) in [6.07, 6.45) is 66.3. The van der Waals surface area contributed by atoms with Crippen molar-refractivity contribution in [1.82, 2.24) is 5.32 Å². The quantitative estimate of drug-likeness (QED) is 0.0261. The maximum Gasteiger partial charge on any atom is 0.220 e. The molecule has 1 fully saturated rings. The number of hydrogen-bond acceptors (Lipinski definition) is 8. The van der Waals surface area contributed by atoms with Crippen molar-refractivity contribution >= 4 is 5.91 Å². The van der Waals surface area contributed by atoms with Gasteiger partial charge in [0.15, 0.2) is 6.29 Å². The van der Waals surface area contributed by atoms with E-state index in [1.807, 2.05) is 6.08 Å². The van der Waals surface area contributed by atoms with Gasteiger partial charge in [0.2, 0.25) is 5.91 Å². The molecule has 0 aromatic heterocycles. The lowest BCUT2D eigenvalue weighted by atomic mass is 9.99. The summed E-state index contributed by atoms with van der Waals surface area (Å²) in [7, 11) is 0. The number of rotatable bonds is 55. The Bertz CT molecular complexity index is 1300. The second-order valence-electron chi connectivity index (χ2n) is 22.2. The van der Waals surface area contributed by atoms with Crippen LogP contribution >= 0.6 is 0 Å². The molecule has 1 aliphatic rings. The van der Waals surface area contributed by atoms with E-state index in [4.69, 9.17) is 9.47 Å². The first-order valence-electron chi connectivity index (χ1n) is 31.9. The fourth-order valence-corrected chi connectivity index (χ4v) is 10.1. The van der Waals surface area contributed by atoms with Gasteiger partial charge in [0.05, 0.1) is 25.4 Å². The Morgan fingerprint density at radius 2 is 0.770 bits per heavy atom. The number of carbonyl (C=O) groups is 1. The minimum Gasteiger partial charge on any atom is -0.394 e. The molecule has 7 unspecified atom stereocenters. The number of allylic oxidation sites excluding steroid dienone is 7. The van der Waals surface area contributed by atoms with E-state index < -0.39 is 49.5 Å². The molecule has 9 nitrogen and oxygen atoms in total. The van der Waals surface area contributed by atoms with Gasteiger partial charge in [-0.1, -0.05) is 274 Å². The van der Waals surface area contributed by atoms with Crippen LogP contribution in [0.2, 0.25) is 0 Å². The highest BCUT2D eigenvalue weighted by molar-refractivity contribution is 5.76. The Hall–Kier alpha value is -1.85. The number of nitrogens with one attached hydrogen (secondary N) is 1. The smallest absolute Gasteiger partial charge is 0.220 e. The van der Waals surface area contributed by atoms with Crippen LogP contribution in [0.4, 0.5) is 0 Å². The second kappa shape index (κ2) is 54.5. The number of aliphatic hydroxyl groups is 5. The van der Waals surface area contributed by atoms with Gasteiger partial charge in [-0.25, -0.2) is 0 Å². The van der Waals surface area contributed by atoms with Crippen LogP contribution in [0.25, 0.3) is 0 Å². The van der Waals surface area contributed by atoms with Crippen molar-refractivity contribution in [2.45, 2.75) is 346 Å². The fraction of sp³-hybridized carbons (Fsp3) is 0.862. The van der Waals surface area contributed by atoms with Gasteiger partial charge in [-0.2, -0.15) is 0 Å². The fourth-order valence-electron chi connectivity index (χ4n) is 10.1. The predicted molar refractivity (Wildman–Crippen MR) is 313 cm³/mol. The first-order valence-corrected chi connectivity index (χ1v) is 31.9. The van der Waals surface area contributed by atoms with Gasteiger partial charge in [-0.15, -0.1) is 0 Å². The van der Waals surface area contributed by atoms with Crippen molar-refractivity contribution in [1.29, 1.82) is 0 Å². The van der Waals surface area contributed by atoms with Crippen molar-refractivity contribution in [3.05, 3.63) is 48.6 Å². The zero-order valence-corrected chi connectivity index (χ0v) is 48.4. The lowest BCUT2D eigenvalue weighted by Gasteiger charge is -2.40. The molecule has 1 heterocycles. The molecule has 1 rings (SSSR count). The Morgan fingerprint density at radius 1 is 0.446 bits per heavy atom. The molecule has 0 bridgehead atoms. The molecule has 0 radical (unpaired) electrons. The van der Waals surface area contributed by atoms with E-state index in [2.05, 4.69) is 55.6 Å². The van der Waals surface area contributed by atoms with Crippen molar-refractivity contribution in [2.75, 3.05) is 13.2 Å². The van der Waals surface area contributed by atoms with Crippen molar-refractivity contribution in [2.24, 2.45) is 0 Å². The molecule has 74 heavy (non-hydrogen) atoms. The molecule has 0 aromatic carbocycles. The monoisotopic (exact) mass is 1040 g/mol. The molecule has 1 amide bonds. The van der Waals surface area contributed by atoms with Gasteiger partial charge in [0.1, 0.15) is 24.4 Å². The molecular formula is C65H121NO8. The third-order valence-electron chi connectivity index (χ3n) is 15.1. The molecule has 0 spiro atoms. The molecule has 0 aromatic rings. The standard InChI is InChI=1S/C65H121NO8/c1-3-5-7-9-11-13-15-17-19-21-23-24-25-26-27-28-29-30-31-32-33-34-35-37-39-41-43-45-47-49-51-53-55-61(69)66-58(57-73-65-64(72)63(71)62(70)60(56-67)74-65)59(68)54-52-50-48-46-44-42-40-38-36-22-20-18-16-14-12-10-8-6-4-2/h26-27,36,38,44,46,52,54,58-60,62-65,67-68,70-72H,3-25,28-35,37,39-43,45,47-51,53,55-57H2,1-2H3,(H,66,69)/b27-26-,38-36+,46-44+,54-52+. The summed E-state index contributed by atoms with van der Waals surface area (Å²) in [5.74, 6) is -0.187. The number of carbonyl (C=O) groups excluding carboxylic acids is 1. The van der Waals surface area contributed by atoms with Crippen LogP contribution in [0, 0.1) is 0 Å². The average Bonchev–Trinajstić information content (AvgIpc) is 3.40. The highest BCUT2D eigenvalue weighted by Gasteiger charge is 2.44. The molecule has 0 saturated carbocycles. The highest BCUT2D eigenvalue weighted by atomic mass is 16.7. The first-order chi connectivity index (χ1) is 36.3. The second-order valence-corrected chi connectivity index (χ2v) is 22.2. The van der Waals surface area contributed by atoms with Gasteiger partial charge in [0, 0.05) is 6.42 Å². The van der Waals surface area contributed by atoms with Gasteiger partial charge >= 0.3 is 0 Å². The summed E-state index contributed by atoms with van der Waals surface area (Å²) in [4.78, 5) is 13.1. The largest absolute Gasteiger partial charge is 0.394 e. The topological polar surface area (TPSA) is 149 Å². The van der Waals surface area contributed by atoms with Gasteiger partial charge in [-0.05, 0) is 70.6 Å². The Kier molecular flexibility index (Phi) is 51.7. The van der Waals surface area contributed by atoms with Crippen LogP contribution in [0.1, 0.15) is 303 Å². The maximum absolute atomic E-state index is 13.1. The minimum atomic E-state index is -1.58. The van der Waals surface area contributed by atoms with Gasteiger partial charge in [0.25, 0.3) is 0 Å². The SMILES string of the molecule is CCCCCCCCCCC/C=C/CC/C=C/CC/C=C/C(O)C(COC1OC(CO)C(O)C(O)C1O)NC(=O)CCCCCCCCCCCCCCCCCC/C=C\CCCCCCCCCCCCCC. The zero-order chi connectivity index (χ0) is 53.6. The third kappa shape index (κ3) is 43.2. The number of hydrogen-bond donors (Lipinski definition) is 6. The van der Waals surface area contributed by atoms with Crippen LogP contribution < -0.4 is 5.32 Å². The maximum atomic E-state index is 13.1. The van der Waals surface area contributed by atoms with E-state index in [9.17, 15) is 30.3 Å². The van der Waals surface area contributed by atoms with E-state index >= 15 is 0 Å². The minimum absolute atomic E-state index is 0.187. The van der Waals surface area contributed by atoms with Crippen molar-refractivity contribution < 1.29 is 39.8 Å². The van der Waals surface area contributed by atoms with E-state index in [1.165, 1.54) is 238 Å². The molecule has 1 saturated heterocycles. The van der Waals surface area contributed by atoms with E-state index in [-0.39, 0.29) is 12.5 Å². The summed E-state index contributed by atoms with van der Waals surface area (Å²) < 4.78 is 11.3. The van der Waals surface area contributed by atoms with Gasteiger partial charge in [-0.3, -0.25) is 4.79 Å². The third-order valence-corrected chi connectivity index (χ3v) is 15.1. The van der Waals surface area contributed by atoms with Crippen LogP contribution in [0.5, 0.6) is 0 Å². The molecule has 9 heteroatoms. The number of aliphatic hydroxyl groups excluding tert-OH is 5.